The van der Waals surface area contributed by atoms with Crippen LogP contribution in [0, 0.1) is 12.8 Å². The molecule has 1 amide bonds. The van der Waals surface area contributed by atoms with Gasteiger partial charge in [-0.15, -0.1) is 0 Å². The second-order valence-electron chi connectivity index (χ2n) is 6.01. The van der Waals surface area contributed by atoms with E-state index in [1.807, 2.05) is 38.1 Å². The van der Waals surface area contributed by atoms with E-state index in [2.05, 4.69) is 5.32 Å². The van der Waals surface area contributed by atoms with Crippen molar-refractivity contribution in [1.29, 1.82) is 0 Å². The molecule has 3 atom stereocenters. The molecule has 0 aliphatic heterocycles. The first kappa shape index (κ1) is 15.5. The van der Waals surface area contributed by atoms with Gasteiger partial charge in [-0.2, -0.15) is 0 Å². The van der Waals surface area contributed by atoms with Gasteiger partial charge in [0.15, 0.2) is 0 Å². The average molecular weight is 289 g/mol. The Kier molecular flexibility index (Phi) is 4.99. The smallest absolute Gasteiger partial charge is 0.308 e. The van der Waals surface area contributed by atoms with Gasteiger partial charge >= 0.3 is 5.97 Å². The summed E-state index contributed by atoms with van der Waals surface area (Å²) in [7, 11) is 0. The van der Waals surface area contributed by atoms with Gasteiger partial charge < -0.3 is 10.4 Å². The Morgan fingerprint density at radius 3 is 2.71 bits per heavy atom. The van der Waals surface area contributed by atoms with Gasteiger partial charge in [0.1, 0.15) is 0 Å². The largest absolute Gasteiger partial charge is 0.481 e. The number of aryl methyl sites for hydroxylation is 1. The maximum absolute atomic E-state index is 12.2. The van der Waals surface area contributed by atoms with Crippen LogP contribution in [-0.2, 0) is 9.59 Å². The lowest BCUT2D eigenvalue weighted by Crippen LogP contribution is -2.40. The molecular formula is C17H23NO3. The van der Waals surface area contributed by atoms with E-state index in [0.717, 1.165) is 12.8 Å². The molecule has 0 heterocycles. The van der Waals surface area contributed by atoms with E-state index in [9.17, 15) is 9.59 Å². The van der Waals surface area contributed by atoms with Crippen molar-refractivity contribution in [2.24, 2.45) is 5.92 Å². The van der Waals surface area contributed by atoms with E-state index in [-0.39, 0.29) is 17.9 Å². The normalized spacial score (nSPS) is 22.8. The molecular weight excluding hydrogens is 266 g/mol. The Morgan fingerprint density at radius 2 is 2.05 bits per heavy atom. The van der Waals surface area contributed by atoms with Crippen LogP contribution in [0.2, 0.25) is 0 Å². The molecule has 2 rings (SSSR count). The number of benzene rings is 1. The maximum atomic E-state index is 12.2. The Morgan fingerprint density at radius 1 is 1.33 bits per heavy atom. The number of rotatable bonds is 5. The maximum Gasteiger partial charge on any atom is 0.308 e. The van der Waals surface area contributed by atoms with Crippen LogP contribution >= 0.6 is 0 Å². The van der Waals surface area contributed by atoms with E-state index in [1.165, 1.54) is 11.1 Å². The highest BCUT2D eigenvalue weighted by atomic mass is 16.4. The third kappa shape index (κ3) is 3.84. The van der Waals surface area contributed by atoms with Crippen molar-refractivity contribution < 1.29 is 14.7 Å². The number of hydrogen-bond acceptors (Lipinski definition) is 2. The quantitative estimate of drug-likeness (QED) is 0.876. The summed E-state index contributed by atoms with van der Waals surface area (Å²) in [6.07, 6.45) is 2.69. The molecule has 21 heavy (non-hydrogen) atoms. The molecule has 0 aromatic heterocycles. The van der Waals surface area contributed by atoms with Crippen molar-refractivity contribution in [2.75, 3.05) is 0 Å². The van der Waals surface area contributed by atoms with Crippen molar-refractivity contribution in [3.63, 3.8) is 0 Å². The molecule has 1 saturated carbocycles. The molecule has 2 N–H and O–H groups in total. The van der Waals surface area contributed by atoms with Gasteiger partial charge in [-0.1, -0.05) is 37.6 Å². The van der Waals surface area contributed by atoms with E-state index >= 15 is 0 Å². The molecule has 1 aliphatic rings. The zero-order chi connectivity index (χ0) is 15.4. The predicted octanol–water partition coefficient (Wildman–Crippen LogP) is 2.86. The third-order valence-electron chi connectivity index (χ3n) is 4.39. The lowest BCUT2D eigenvalue weighted by atomic mass is 9.93. The lowest BCUT2D eigenvalue weighted by molar-refractivity contribution is -0.142. The number of nitrogens with one attached hydrogen (secondary N) is 1. The van der Waals surface area contributed by atoms with Crippen LogP contribution in [0.15, 0.2) is 24.3 Å². The van der Waals surface area contributed by atoms with Crippen LogP contribution in [0.25, 0.3) is 0 Å². The lowest BCUT2D eigenvalue weighted by Gasteiger charge is -2.20. The number of carboxylic acid groups (broad SMARTS) is 1. The van der Waals surface area contributed by atoms with Gasteiger partial charge in [0.25, 0.3) is 0 Å². The average Bonchev–Trinajstić information content (AvgIpc) is 2.87. The zero-order valence-corrected chi connectivity index (χ0v) is 12.6. The number of carboxylic acids is 1. The van der Waals surface area contributed by atoms with Crippen LogP contribution < -0.4 is 5.32 Å². The highest BCUT2D eigenvalue weighted by Crippen LogP contribution is 2.27. The molecule has 0 radical (unpaired) electrons. The van der Waals surface area contributed by atoms with Crippen molar-refractivity contribution in [2.45, 2.75) is 51.5 Å². The molecule has 4 heteroatoms. The number of carbonyl (C=O) groups excluding carboxylic acids is 1. The van der Waals surface area contributed by atoms with E-state index < -0.39 is 11.9 Å². The topological polar surface area (TPSA) is 66.4 Å². The number of hydrogen-bond donors (Lipinski definition) is 2. The van der Waals surface area contributed by atoms with Gasteiger partial charge in [0, 0.05) is 12.5 Å². The molecule has 0 saturated heterocycles. The van der Waals surface area contributed by atoms with Gasteiger partial charge in [-0.05, 0) is 36.8 Å². The fraction of sp³-hybridized carbons (Fsp3) is 0.529. The molecule has 1 unspecified atom stereocenters. The van der Waals surface area contributed by atoms with Crippen LogP contribution in [-0.4, -0.2) is 23.0 Å². The summed E-state index contributed by atoms with van der Waals surface area (Å²) < 4.78 is 0. The van der Waals surface area contributed by atoms with E-state index in [1.54, 1.807) is 0 Å². The second-order valence-corrected chi connectivity index (χ2v) is 6.01. The fourth-order valence-electron chi connectivity index (χ4n) is 3.22. The summed E-state index contributed by atoms with van der Waals surface area (Å²) >= 11 is 0. The number of aliphatic carboxylic acids is 1. The first-order valence-electron chi connectivity index (χ1n) is 7.56. The predicted molar refractivity (Wildman–Crippen MR) is 81.1 cm³/mol. The van der Waals surface area contributed by atoms with Crippen molar-refractivity contribution in [1.82, 2.24) is 5.32 Å². The molecule has 1 aromatic carbocycles. The highest BCUT2D eigenvalue weighted by Gasteiger charge is 2.33. The van der Waals surface area contributed by atoms with Gasteiger partial charge in [0.2, 0.25) is 5.91 Å². The summed E-state index contributed by atoms with van der Waals surface area (Å²) in [5.74, 6) is -1.15. The first-order chi connectivity index (χ1) is 9.99. The molecule has 1 fully saturated rings. The second kappa shape index (κ2) is 6.74. The SMILES string of the molecule is Cc1ccccc1C(C)CC(=O)N[C@@H]1CCC[C@@H]1C(=O)O. The molecule has 0 spiro atoms. The van der Waals surface area contributed by atoms with Crippen LogP contribution in [0.3, 0.4) is 0 Å². The van der Waals surface area contributed by atoms with Crippen molar-refractivity contribution in [3.8, 4) is 0 Å². The summed E-state index contributed by atoms with van der Waals surface area (Å²) in [6.45, 7) is 4.08. The molecule has 4 nitrogen and oxygen atoms in total. The Bertz CT molecular complexity index is 527. The Balaban J connectivity index is 1.93. The zero-order valence-electron chi connectivity index (χ0n) is 12.6. The van der Waals surface area contributed by atoms with Gasteiger partial charge in [0.05, 0.1) is 5.92 Å². The van der Waals surface area contributed by atoms with Crippen LogP contribution in [0.1, 0.15) is 49.7 Å². The summed E-state index contributed by atoms with van der Waals surface area (Å²) in [5, 5.41) is 12.1. The standard InChI is InChI=1S/C17H23NO3/c1-11-6-3-4-7-13(11)12(2)10-16(19)18-15-9-5-8-14(15)17(20)21/h3-4,6-7,12,14-15H,5,8-10H2,1-2H3,(H,18,19)(H,20,21)/t12?,14-,15+/m0/s1. The minimum Gasteiger partial charge on any atom is -0.481 e. The number of amides is 1. The van der Waals surface area contributed by atoms with E-state index in [4.69, 9.17) is 5.11 Å². The summed E-state index contributed by atoms with van der Waals surface area (Å²) in [6, 6.07) is 7.85. The van der Waals surface area contributed by atoms with Crippen molar-refractivity contribution >= 4 is 11.9 Å². The van der Waals surface area contributed by atoms with Crippen molar-refractivity contribution in [3.05, 3.63) is 35.4 Å². The van der Waals surface area contributed by atoms with Gasteiger partial charge in [-0.25, -0.2) is 0 Å². The van der Waals surface area contributed by atoms with Crippen LogP contribution in [0.5, 0.6) is 0 Å². The molecule has 1 aliphatic carbocycles. The van der Waals surface area contributed by atoms with E-state index in [0.29, 0.717) is 12.8 Å². The number of carbonyl (C=O) groups is 2. The first-order valence-corrected chi connectivity index (χ1v) is 7.56. The highest BCUT2D eigenvalue weighted by molar-refractivity contribution is 5.79. The summed E-state index contributed by atoms with van der Waals surface area (Å²) in [5.41, 5.74) is 2.36. The Labute approximate surface area is 125 Å². The summed E-state index contributed by atoms with van der Waals surface area (Å²) in [4.78, 5) is 23.3. The minimum absolute atomic E-state index is 0.0519. The minimum atomic E-state index is -0.801. The molecule has 1 aromatic rings. The molecule has 114 valence electrons. The molecule has 0 bridgehead atoms. The van der Waals surface area contributed by atoms with Crippen LogP contribution in [0.4, 0.5) is 0 Å². The fourth-order valence-corrected chi connectivity index (χ4v) is 3.22. The van der Waals surface area contributed by atoms with Gasteiger partial charge in [-0.3, -0.25) is 9.59 Å². The monoisotopic (exact) mass is 289 g/mol. The third-order valence-corrected chi connectivity index (χ3v) is 4.39. The Hall–Kier alpha value is -1.84.